The van der Waals surface area contributed by atoms with Crippen LogP contribution < -0.4 is 5.11 Å². The van der Waals surface area contributed by atoms with Crippen molar-refractivity contribution in [2.24, 2.45) is 5.41 Å². The number of carboxylic acids is 1. The van der Waals surface area contributed by atoms with Crippen molar-refractivity contribution < 1.29 is 14.3 Å². The molecular formula is C6H10FO2-. The van der Waals surface area contributed by atoms with Crippen molar-refractivity contribution >= 4 is 5.97 Å². The van der Waals surface area contributed by atoms with Gasteiger partial charge in [-0.2, -0.15) is 0 Å². The molecule has 0 radical (unpaired) electrons. The van der Waals surface area contributed by atoms with Gasteiger partial charge in [-0.3, -0.25) is 0 Å². The summed E-state index contributed by atoms with van der Waals surface area (Å²) in [6.45, 7) is 4.52. The van der Waals surface area contributed by atoms with Crippen molar-refractivity contribution in [3.05, 3.63) is 0 Å². The number of rotatable bonds is 1. The lowest BCUT2D eigenvalue weighted by atomic mass is 9.90. The lowest BCUT2D eigenvalue weighted by Gasteiger charge is -2.23. The highest BCUT2D eigenvalue weighted by molar-refractivity contribution is 5.70. The van der Waals surface area contributed by atoms with Crippen LogP contribution in [0, 0.1) is 5.41 Å². The van der Waals surface area contributed by atoms with Crippen molar-refractivity contribution in [2.75, 3.05) is 0 Å². The van der Waals surface area contributed by atoms with Gasteiger partial charge in [-0.25, -0.2) is 4.39 Å². The van der Waals surface area contributed by atoms with E-state index in [1.54, 1.807) is 0 Å². The van der Waals surface area contributed by atoms with Gasteiger partial charge in [0.15, 0.2) is 0 Å². The summed E-state index contributed by atoms with van der Waals surface area (Å²) >= 11 is 0. The Morgan fingerprint density at radius 1 is 1.56 bits per heavy atom. The summed E-state index contributed by atoms with van der Waals surface area (Å²) in [4.78, 5) is 9.86. The maximum absolute atomic E-state index is 12.4. The van der Waals surface area contributed by atoms with Crippen molar-refractivity contribution in [1.82, 2.24) is 0 Å². The van der Waals surface area contributed by atoms with Gasteiger partial charge in [0.25, 0.3) is 0 Å². The van der Waals surface area contributed by atoms with Crippen LogP contribution in [0.5, 0.6) is 0 Å². The summed E-state index contributed by atoms with van der Waals surface area (Å²) in [5.41, 5.74) is -0.848. The van der Waals surface area contributed by atoms with E-state index in [4.69, 9.17) is 0 Å². The first-order chi connectivity index (χ1) is 3.85. The molecule has 0 aromatic rings. The number of carboxylic acid groups (broad SMARTS) is 1. The van der Waals surface area contributed by atoms with E-state index >= 15 is 0 Å². The van der Waals surface area contributed by atoms with Crippen LogP contribution in [0.25, 0.3) is 0 Å². The standard InChI is InChI=1S/C6H11FO2/c1-6(2,3)4(7)5(8)9/h4H,1-3H3,(H,8,9)/p-1. The summed E-state index contributed by atoms with van der Waals surface area (Å²) in [6, 6.07) is 0. The molecule has 54 valence electrons. The fourth-order valence-corrected chi connectivity index (χ4v) is 0.354. The van der Waals surface area contributed by atoms with Crippen molar-refractivity contribution in [3.8, 4) is 0 Å². The van der Waals surface area contributed by atoms with E-state index in [2.05, 4.69) is 0 Å². The Balaban J connectivity index is 4.04. The largest absolute Gasteiger partial charge is 0.547 e. The van der Waals surface area contributed by atoms with Crippen LogP contribution in [-0.2, 0) is 4.79 Å². The van der Waals surface area contributed by atoms with E-state index in [1.807, 2.05) is 0 Å². The molecule has 0 aromatic carbocycles. The van der Waals surface area contributed by atoms with E-state index in [0.29, 0.717) is 0 Å². The Morgan fingerprint density at radius 3 is 1.89 bits per heavy atom. The van der Waals surface area contributed by atoms with Crippen LogP contribution >= 0.6 is 0 Å². The number of carbonyl (C=O) groups excluding carboxylic acids is 1. The Hall–Kier alpha value is -0.600. The molecule has 0 spiro atoms. The Kier molecular flexibility index (Phi) is 2.18. The Bertz CT molecular complexity index is 115. The molecule has 3 heteroatoms. The van der Waals surface area contributed by atoms with Crippen LogP contribution in [0.3, 0.4) is 0 Å². The lowest BCUT2D eigenvalue weighted by molar-refractivity contribution is -0.315. The predicted octanol–water partition coefficient (Wildman–Crippen LogP) is 0.120. The third-order valence-corrected chi connectivity index (χ3v) is 0.967. The maximum atomic E-state index is 12.4. The highest BCUT2D eigenvalue weighted by Gasteiger charge is 2.24. The summed E-state index contributed by atoms with van der Waals surface area (Å²) in [6.07, 6.45) is -1.88. The van der Waals surface area contributed by atoms with Crippen molar-refractivity contribution in [3.63, 3.8) is 0 Å². The fraction of sp³-hybridized carbons (Fsp3) is 0.833. The van der Waals surface area contributed by atoms with Crippen LogP contribution in [0.15, 0.2) is 0 Å². The van der Waals surface area contributed by atoms with Crippen LogP contribution in [0.4, 0.5) is 4.39 Å². The number of aliphatic carboxylic acids is 1. The SMILES string of the molecule is CC(C)(C)C(F)C(=O)[O-]. The maximum Gasteiger partial charge on any atom is 0.144 e. The minimum absolute atomic E-state index is 0.848. The molecule has 0 amide bonds. The van der Waals surface area contributed by atoms with Gasteiger partial charge in [-0.05, 0) is 5.41 Å². The first-order valence-electron chi connectivity index (χ1n) is 2.70. The minimum atomic E-state index is -1.88. The van der Waals surface area contributed by atoms with Crippen LogP contribution in [0.2, 0.25) is 0 Å². The van der Waals surface area contributed by atoms with E-state index in [0.717, 1.165) is 0 Å². The Labute approximate surface area is 53.7 Å². The molecule has 1 atom stereocenters. The lowest BCUT2D eigenvalue weighted by Crippen LogP contribution is -2.40. The van der Waals surface area contributed by atoms with Gasteiger partial charge in [-0.1, -0.05) is 20.8 Å². The predicted molar refractivity (Wildman–Crippen MR) is 29.4 cm³/mol. The number of halogens is 1. The van der Waals surface area contributed by atoms with Gasteiger partial charge >= 0.3 is 0 Å². The van der Waals surface area contributed by atoms with Gasteiger partial charge in [0.1, 0.15) is 6.17 Å². The topological polar surface area (TPSA) is 40.1 Å². The molecule has 0 saturated heterocycles. The van der Waals surface area contributed by atoms with Gasteiger partial charge < -0.3 is 9.90 Å². The Morgan fingerprint density at radius 2 is 1.89 bits per heavy atom. The number of hydrogen-bond acceptors (Lipinski definition) is 2. The van der Waals surface area contributed by atoms with Gasteiger partial charge in [0, 0.05) is 0 Å². The molecule has 0 saturated carbocycles. The van der Waals surface area contributed by atoms with E-state index in [-0.39, 0.29) is 0 Å². The average molecular weight is 133 g/mol. The molecule has 9 heavy (non-hydrogen) atoms. The highest BCUT2D eigenvalue weighted by Crippen LogP contribution is 2.21. The molecule has 0 aliphatic heterocycles. The molecule has 2 nitrogen and oxygen atoms in total. The second-order valence-electron chi connectivity index (χ2n) is 3.05. The summed E-state index contributed by atoms with van der Waals surface area (Å²) in [5, 5.41) is 9.86. The molecule has 0 aromatic heterocycles. The molecule has 0 bridgehead atoms. The summed E-state index contributed by atoms with van der Waals surface area (Å²) in [5.74, 6) is -1.64. The normalized spacial score (nSPS) is 15.1. The number of carbonyl (C=O) groups is 1. The second kappa shape index (κ2) is 2.33. The first kappa shape index (κ1) is 8.40. The van der Waals surface area contributed by atoms with Gasteiger partial charge in [0.2, 0.25) is 0 Å². The van der Waals surface area contributed by atoms with Crippen molar-refractivity contribution in [2.45, 2.75) is 26.9 Å². The zero-order valence-electron chi connectivity index (χ0n) is 5.77. The van der Waals surface area contributed by atoms with Crippen LogP contribution in [-0.4, -0.2) is 12.1 Å². The van der Waals surface area contributed by atoms with Crippen LogP contribution in [0.1, 0.15) is 20.8 Å². The number of hydrogen-bond donors (Lipinski definition) is 0. The molecule has 0 heterocycles. The first-order valence-corrected chi connectivity index (χ1v) is 2.70. The molecule has 0 aliphatic carbocycles. The molecule has 1 unspecified atom stereocenters. The summed E-state index contributed by atoms with van der Waals surface area (Å²) < 4.78 is 12.4. The van der Waals surface area contributed by atoms with Crippen molar-refractivity contribution in [1.29, 1.82) is 0 Å². The minimum Gasteiger partial charge on any atom is -0.547 e. The molecule has 0 N–H and O–H groups in total. The molecule has 0 aliphatic rings. The number of alkyl halides is 1. The van der Waals surface area contributed by atoms with Gasteiger partial charge in [-0.15, -0.1) is 0 Å². The molecule has 0 fully saturated rings. The molecule has 0 rings (SSSR count). The molecular weight excluding hydrogens is 123 g/mol. The monoisotopic (exact) mass is 133 g/mol. The van der Waals surface area contributed by atoms with E-state index < -0.39 is 17.6 Å². The second-order valence-corrected chi connectivity index (χ2v) is 3.05. The quantitative estimate of drug-likeness (QED) is 0.509. The van der Waals surface area contributed by atoms with E-state index in [9.17, 15) is 14.3 Å². The highest BCUT2D eigenvalue weighted by atomic mass is 19.1. The smallest absolute Gasteiger partial charge is 0.144 e. The third-order valence-electron chi connectivity index (χ3n) is 0.967. The zero-order chi connectivity index (χ0) is 7.65. The van der Waals surface area contributed by atoms with Gasteiger partial charge in [0.05, 0.1) is 5.97 Å². The third kappa shape index (κ3) is 2.44. The average Bonchev–Trinajstić information content (AvgIpc) is 1.62. The fourth-order valence-electron chi connectivity index (χ4n) is 0.354. The van der Waals surface area contributed by atoms with E-state index in [1.165, 1.54) is 20.8 Å². The zero-order valence-corrected chi connectivity index (χ0v) is 5.77. The summed E-state index contributed by atoms with van der Waals surface area (Å²) in [7, 11) is 0.